The molecule has 2 aromatic carbocycles. The molecule has 160 valence electrons. The Morgan fingerprint density at radius 1 is 1.13 bits per heavy atom. The standard InChI is InChI=1S/C21H21ClFO5PS/c1-4-6-14-15-10-9-13(28-29(30,25-2)26-3)11-20(15)27-21(24)16(14)12-17-18(22)7-5-8-19(17)23/h5,7-11H,4,6,12H2,1-3H3. The zero-order valence-electron chi connectivity index (χ0n) is 16.7. The van der Waals surface area contributed by atoms with Crippen molar-refractivity contribution in [3.63, 3.8) is 0 Å². The second kappa shape index (κ2) is 9.58. The van der Waals surface area contributed by atoms with Crippen LogP contribution in [0.4, 0.5) is 4.39 Å². The van der Waals surface area contributed by atoms with Gasteiger partial charge in [-0.25, -0.2) is 9.18 Å². The summed E-state index contributed by atoms with van der Waals surface area (Å²) in [6.07, 6.45) is 1.46. The van der Waals surface area contributed by atoms with Crippen molar-refractivity contribution in [3.05, 3.63) is 74.3 Å². The van der Waals surface area contributed by atoms with Gasteiger partial charge in [0.15, 0.2) is 0 Å². The third-order valence-electron chi connectivity index (χ3n) is 4.67. The van der Waals surface area contributed by atoms with Crippen LogP contribution >= 0.6 is 18.3 Å². The van der Waals surface area contributed by atoms with Gasteiger partial charge in [-0.2, -0.15) is 0 Å². The Kier molecular flexibility index (Phi) is 7.32. The third kappa shape index (κ3) is 4.76. The minimum Gasteiger partial charge on any atom is -0.424 e. The molecule has 0 aliphatic heterocycles. The first kappa shape index (κ1) is 22.9. The molecular weight excluding hydrogens is 450 g/mol. The van der Waals surface area contributed by atoms with E-state index in [2.05, 4.69) is 0 Å². The fourth-order valence-electron chi connectivity index (χ4n) is 3.21. The van der Waals surface area contributed by atoms with E-state index in [0.29, 0.717) is 23.3 Å². The van der Waals surface area contributed by atoms with Crippen LogP contribution < -0.4 is 10.1 Å². The highest BCUT2D eigenvalue weighted by atomic mass is 35.5. The lowest BCUT2D eigenvalue weighted by Crippen LogP contribution is -2.14. The second-order valence-electron chi connectivity index (χ2n) is 6.54. The van der Waals surface area contributed by atoms with E-state index in [0.717, 1.165) is 17.4 Å². The molecule has 0 N–H and O–H groups in total. The maximum Gasteiger partial charge on any atom is 0.380 e. The first-order valence-electron chi connectivity index (χ1n) is 9.24. The lowest BCUT2D eigenvalue weighted by molar-refractivity contribution is 0.273. The van der Waals surface area contributed by atoms with Crippen molar-refractivity contribution in [2.45, 2.75) is 26.2 Å². The molecule has 30 heavy (non-hydrogen) atoms. The Morgan fingerprint density at radius 2 is 1.87 bits per heavy atom. The van der Waals surface area contributed by atoms with Crippen LogP contribution in [-0.2, 0) is 33.7 Å². The van der Waals surface area contributed by atoms with Crippen LogP contribution in [0.25, 0.3) is 11.0 Å². The summed E-state index contributed by atoms with van der Waals surface area (Å²) in [5.41, 5.74) is 1.26. The van der Waals surface area contributed by atoms with E-state index in [-0.39, 0.29) is 17.0 Å². The summed E-state index contributed by atoms with van der Waals surface area (Å²) in [6, 6.07) is 9.52. The van der Waals surface area contributed by atoms with Crippen LogP contribution in [0.15, 0.2) is 45.6 Å². The molecule has 0 aliphatic carbocycles. The van der Waals surface area contributed by atoms with E-state index < -0.39 is 18.2 Å². The van der Waals surface area contributed by atoms with Gasteiger partial charge in [-0.15, -0.1) is 0 Å². The Hall–Kier alpha value is -1.76. The summed E-state index contributed by atoms with van der Waals surface area (Å²) in [5, 5.41) is 1.01. The van der Waals surface area contributed by atoms with Gasteiger partial charge in [0.1, 0.15) is 17.1 Å². The van der Waals surface area contributed by atoms with Crippen LogP contribution in [0, 0.1) is 5.82 Å². The largest absolute Gasteiger partial charge is 0.424 e. The summed E-state index contributed by atoms with van der Waals surface area (Å²) < 4.78 is 35.8. The van der Waals surface area contributed by atoms with Gasteiger partial charge in [-0.05, 0) is 36.2 Å². The predicted molar refractivity (Wildman–Crippen MR) is 120 cm³/mol. The Bertz CT molecular complexity index is 1150. The molecule has 1 aromatic heterocycles. The zero-order valence-corrected chi connectivity index (χ0v) is 19.2. The molecule has 0 bridgehead atoms. The molecule has 1 heterocycles. The van der Waals surface area contributed by atoms with Gasteiger partial charge in [0.2, 0.25) is 0 Å². The molecule has 0 amide bonds. The molecule has 3 rings (SSSR count). The van der Waals surface area contributed by atoms with Gasteiger partial charge >= 0.3 is 12.3 Å². The summed E-state index contributed by atoms with van der Waals surface area (Å²) in [5.74, 6) is -0.0943. The van der Waals surface area contributed by atoms with E-state index in [4.69, 9.17) is 41.4 Å². The molecule has 0 radical (unpaired) electrons. The molecule has 5 nitrogen and oxygen atoms in total. The maximum absolute atomic E-state index is 14.3. The fourth-order valence-corrected chi connectivity index (χ4v) is 4.37. The predicted octanol–water partition coefficient (Wildman–Crippen LogP) is 6.02. The normalized spacial score (nSPS) is 11.8. The number of hydrogen-bond acceptors (Lipinski definition) is 6. The van der Waals surface area contributed by atoms with Crippen molar-refractivity contribution in [1.82, 2.24) is 0 Å². The number of benzene rings is 2. The van der Waals surface area contributed by atoms with Gasteiger partial charge in [0.25, 0.3) is 0 Å². The number of hydrogen-bond donors (Lipinski definition) is 0. The molecule has 3 aromatic rings. The van der Waals surface area contributed by atoms with E-state index in [1.54, 1.807) is 24.3 Å². The number of fused-ring (bicyclic) bond motifs is 1. The van der Waals surface area contributed by atoms with Crippen LogP contribution in [0.3, 0.4) is 0 Å². The summed E-state index contributed by atoms with van der Waals surface area (Å²) in [4.78, 5) is 12.8. The van der Waals surface area contributed by atoms with Crippen LogP contribution in [0.1, 0.15) is 30.0 Å². The SMILES string of the molecule is CCCc1c(Cc2c(F)cccc2Cl)c(=O)oc2cc(OP(=S)(OC)OC)ccc12. The van der Waals surface area contributed by atoms with Gasteiger partial charge in [0, 0.05) is 60.0 Å². The molecule has 0 aliphatic rings. The van der Waals surface area contributed by atoms with E-state index >= 15 is 0 Å². The minimum absolute atomic E-state index is 0.0471. The van der Waals surface area contributed by atoms with Crippen LogP contribution in [-0.4, -0.2) is 14.2 Å². The quantitative estimate of drug-likeness (QED) is 0.296. The molecular formula is C21H21ClFO5PS. The van der Waals surface area contributed by atoms with Crippen molar-refractivity contribution in [3.8, 4) is 5.75 Å². The highest BCUT2D eigenvalue weighted by Gasteiger charge is 2.21. The van der Waals surface area contributed by atoms with Gasteiger partial charge in [-0.3, -0.25) is 0 Å². The minimum atomic E-state index is -2.93. The van der Waals surface area contributed by atoms with Crippen LogP contribution in [0.5, 0.6) is 5.75 Å². The number of aryl methyl sites for hydroxylation is 1. The van der Waals surface area contributed by atoms with Crippen molar-refractivity contribution in [2.24, 2.45) is 0 Å². The molecule has 0 saturated heterocycles. The van der Waals surface area contributed by atoms with Crippen molar-refractivity contribution in [1.29, 1.82) is 0 Å². The molecule has 0 unspecified atom stereocenters. The van der Waals surface area contributed by atoms with Gasteiger partial charge in [0.05, 0.1) is 0 Å². The zero-order chi connectivity index (χ0) is 21.9. The monoisotopic (exact) mass is 470 g/mol. The average molecular weight is 471 g/mol. The van der Waals surface area contributed by atoms with Crippen molar-refractivity contribution in [2.75, 3.05) is 14.2 Å². The van der Waals surface area contributed by atoms with Gasteiger partial charge < -0.3 is 18.0 Å². The Labute approximate surface area is 184 Å². The van der Waals surface area contributed by atoms with E-state index in [9.17, 15) is 9.18 Å². The first-order chi connectivity index (χ1) is 14.3. The molecule has 0 saturated carbocycles. The lowest BCUT2D eigenvalue weighted by atomic mass is 9.95. The maximum atomic E-state index is 14.3. The number of rotatable bonds is 8. The fraction of sp³-hybridized carbons (Fsp3) is 0.286. The van der Waals surface area contributed by atoms with Gasteiger partial charge in [-0.1, -0.05) is 31.0 Å². The van der Waals surface area contributed by atoms with E-state index in [1.807, 2.05) is 6.92 Å². The first-order valence-corrected chi connectivity index (χ1v) is 12.2. The topological polar surface area (TPSA) is 57.9 Å². The smallest absolute Gasteiger partial charge is 0.380 e. The third-order valence-corrected chi connectivity index (χ3v) is 7.47. The second-order valence-corrected chi connectivity index (χ2v) is 10.1. The Balaban J connectivity index is 2.12. The summed E-state index contributed by atoms with van der Waals surface area (Å²) >= 11 is 11.4. The molecule has 0 fully saturated rings. The van der Waals surface area contributed by atoms with Crippen molar-refractivity contribution < 1.29 is 22.4 Å². The highest BCUT2D eigenvalue weighted by Crippen LogP contribution is 2.48. The van der Waals surface area contributed by atoms with Crippen molar-refractivity contribution >= 4 is 41.1 Å². The molecule has 9 heteroatoms. The lowest BCUT2D eigenvalue weighted by Gasteiger charge is -2.18. The number of halogens is 2. The summed E-state index contributed by atoms with van der Waals surface area (Å²) in [6.45, 7) is -0.922. The van der Waals surface area contributed by atoms with Crippen LogP contribution in [0.2, 0.25) is 5.02 Å². The van der Waals surface area contributed by atoms with E-state index in [1.165, 1.54) is 26.4 Å². The Morgan fingerprint density at radius 3 is 2.50 bits per heavy atom. The summed E-state index contributed by atoms with van der Waals surface area (Å²) in [7, 11) is 2.82. The molecule has 0 spiro atoms. The average Bonchev–Trinajstić information content (AvgIpc) is 2.72. The molecule has 0 atom stereocenters. The highest BCUT2D eigenvalue weighted by molar-refractivity contribution is 8.07.